The van der Waals surface area contributed by atoms with Gasteiger partial charge in [0.25, 0.3) is 0 Å². The van der Waals surface area contributed by atoms with Crippen molar-refractivity contribution in [1.82, 2.24) is 15.0 Å². The highest BCUT2D eigenvalue weighted by molar-refractivity contribution is 6.06. The average Bonchev–Trinajstić information content (AvgIpc) is 3.49. The van der Waals surface area contributed by atoms with Crippen LogP contribution in [0.1, 0.15) is 27.9 Å². The molecule has 1 amide bonds. The summed E-state index contributed by atoms with van der Waals surface area (Å²) in [5.41, 5.74) is 7.05. The van der Waals surface area contributed by atoms with E-state index in [-0.39, 0.29) is 5.91 Å². The molecule has 2 aliphatic rings. The van der Waals surface area contributed by atoms with Crippen molar-refractivity contribution in [3.8, 4) is 0 Å². The Morgan fingerprint density at radius 2 is 1.85 bits per heavy atom. The topological polar surface area (TPSA) is 101 Å². The fourth-order valence-electron chi connectivity index (χ4n) is 5.58. The molecule has 7 nitrogen and oxygen atoms in total. The number of H-pyrrole nitrogens is 1. The van der Waals surface area contributed by atoms with Gasteiger partial charge in [-0.2, -0.15) is 0 Å². The molecule has 3 aromatic heterocycles. The number of rotatable bonds is 3. The number of anilines is 1. The van der Waals surface area contributed by atoms with Crippen LogP contribution >= 0.6 is 0 Å². The molecule has 4 heterocycles. The maximum Gasteiger partial charge on any atom is 0.417 e. The van der Waals surface area contributed by atoms with Gasteiger partial charge >= 0.3 is 5.76 Å². The predicted molar refractivity (Wildman–Crippen MR) is 128 cm³/mol. The van der Waals surface area contributed by atoms with Crippen molar-refractivity contribution >= 4 is 33.7 Å². The first kappa shape index (κ1) is 19.2. The van der Waals surface area contributed by atoms with Crippen LogP contribution in [0, 0.1) is 0 Å². The number of pyridine rings is 2. The van der Waals surface area contributed by atoms with Crippen LogP contribution in [-0.4, -0.2) is 20.9 Å². The van der Waals surface area contributed by atoms with Crippen LogP contribution in [0.2, 0.25) is 0 Å². The first-order valence-electron chi connectivity index (χ1n) is 11.4. The number of aromatic nitrogens is 3. The molecule has 7 rings (SSSR count). The van der Waals surface area contributed by atoms with Gasteiger partial charge < -0.3 is 9.73 Å². The zero-order chi connectivity index (χ0) is 22.9. The van der Waals surface area contributed by atoms with Crippen LogP contribution in [0.5, 0.6) is 0 Å². The molecule has 5 aromatic rings. The van der Waals surface area contributed by atoms with Crippen LogP contribution in [-0.2, 0) is 35.9 Å². The number of aryl methyl sites for hydroxylation is 2. The minimum atomic E-state index is -0.577. The van der Waals surface area contributed by atoms with Crippen LogP contribution in [0.4, 0.5) is 5.82 Å². The third-order valence-electron chi connectivity index (χ3n) is 7.24. The summed E-state index contributed by atoms with van der Waals surface area (Å²) in [5.74, 6) is 0.271. The van der Waals surface area contributed by atoms with Crippen LogP contribution < -0.4 is 11.1 Å². The monoisotopic (exact) mass is 448 g/mol. The molecule has 2 aromatic carbocycles. The van der Waals surface area contributed by atoms with E-state index in [1.54, 1.807) is 12.3 Å². The van der Waals surface area contributed by atoms with Gasteiger partial charge in [-0.15, -0.1) is 0 Å². The SMILES string of the molecule is O=C1Nc2ncccc2C12Cc1cc3ccc(CCc4cccc5oc(=O)[nH]c45)nc3cc1C2. The summed E-state index contributed by atoms with van der Waals surface area (Å²) in [5, 5.41) is 4.04. The molecule has 0 saturated carbocycles. The normalized spacial score (nSPS) is 18.5. The van der Waals surface area contributed by atoms with Crippen molar-refractivity contribution in [2.75, 3.05) is 5.32 Å². The van der Waals surface area contributed by atoms with Gasteiger partial charge in [0.2, 0.25) is 5.91 Å². The number of para-hydroxylation sites is 1. The Bertz CT molecular complexity index is 1700. The van der Waals surface area contributed by atoms with Crippen molar-refractivity contribution in [1.29, 1.82) is 0 Å². The minimum Gasteiger partial charge on any atom is -0.408 e. The largest absolute Gasteiger partial charge is 0.417 e. The lowest BCUT2D eigenvalue weighted by Gasteiger charge is -2.20. The summed E-state index contributed by atoms with van der Waals surface area (Å²) >= 11 is 0. The first-order chi connectivity index (χ1) is 16.6. The molecule has 0 saturated heterocycles. The van der Waals surface area contributed by atoms with Crippen LogP contribution in [0.25, 0.3) is 22.0 Å². The number of amides is 1. The van der Waals surface area contributed by atoms with Crippen molar-refractivity contribution < 1.29 is 9.21 Å². The van der Waals surface area contributed by atoms with Gasteiger partial charge in [0.15, 0.2) is 5.58 Å². The number of oxazole rings is 1. The third kappa shape index (κ3) is 2.76. The summed E-state index contributed by atoms with van der Waals surface area (Å²) < 4.78 is 5.17. The fraction of sp³-hybridized carbons (Fsp3) is 0.185. The second-order valence-corrected chi connectivity index (χ2v) is 9.21. The highest BCUT2D eigenvalue weighted by Gasteiger charge is 2.51. The molecular formula is C27H20N4O3. The van der Waals surface area contributed by atoms with Gasteiger partial charge in [-0.25, -0.2) is 9.78 Å². The van der Waals surface area contributed by atoms with E-state index in [1.165, 1.54) is 11.1 Å². The summed E-state index contributed by atoms with van der Waals surface area (Å²) in [6.45, 7) is 0. The van der Waals surface area contributed by atoms with E-state index in [1.807, 2.05) is 24.3 Å². The number of aromatic amines is 1. The number of nitrogens with zero attached hydrogens (tertiary/aromatic N) is 2. The number of hydrogen-bond acceptors (Lipinski definition) is 5. The maximum atomic E-state index is 13.0. The Morgan fingerprint density at radius 3 is 2.76 bits per heavy atom. The van der Waals surface area contributed by atoms with E-state index in [4.69, 9.17) is 9.40 Å². The molecule has 1 aliphatic heterocycles. The number of hydrogen-bond donors (Lipinski definition) is 2. The Kier molecular flexibility index (Phi) is 3.89. The highest BCUT2D eigenvalue weighted by Crippen LogP contribution is 2.47. The smallest absolute Gasteiger partial charge is 0.408 e. The second kappa shape index (κ2) is 6.87. The van der Waals surface area contributed by atoms with E-state index >= 15 is 0 Å². The van der Waals surface area contributed by atoms with Crippen LogP contribution in [0.3, 0.4) is 0 Å². The zero-order valence-electron chi connectivity index (χ0n) is 18.2. The van der Waals surface area contributed by atoms with Gasteiger partial charge in [0, 0.05) is 22.8 Å². The van der Waals surface area contributed by atoms with Crippen molar-refractivity contribution in [3.63, 3.8) is 0 Å². The van der Waals surface area contributed by atoms with Gasteiger partial charge in [-0.1, -0.05) is 24.3 Å². The Morgan fingerprint density at radius 1 is 0.971 bits per heavy atom. The van der Waals surface area contributed by atoms with Crippen molar-refractivity contribution in [2.24, 2.45) is 0 Å². The summed E-state index contributed by atoms with van der Waals surface area (Å²) in [4.78, 5) is 36.6. The molecule has 7 heteroatoms. The van der Waals surface area contributed by atoms with E-state index in [2.05, 4.69) is 39.6 Å². The number of benzene rings is 2. The van der Waals surface area contributed by atoms with E-state index in [0.717, 1.165) is 46.1 Å². The van der Waals surface area contributed by atoms with Crippen molar-refractivity contribution in [2.45, 2.75) is 31.1 Å². The molecule has 0 radical (unpaired) electrons. The lowest BCUT2D eigenvalue weighted by atomic mass is 9.79. The molecule has 1 spiro atoms. The Balaban J connectivity index is 1.20. The van der Waals surface area contributed by atoms with E-state index < -0.39 is 11.2 Å². The molecular weight excluding hydrogens is 428 g/mol. The molecule has 166 valence electrons. The van der Waals surface area contributed by atoms with Gasteiger partial charge in [-0.05, 0) is 72.7 Å². The standard InChI is InChI=1S/C27H20N4O3/c32-25-27(20-4-2-10-28-24(20)31-25)13-17-11-16-7-9-19(29-21(16)12-18(17)14-27)8-6-15-3-1-5-22-23(15)30-26(33)34-22/h1-5,7,9-12H,6,8,13-14H2,(H,30,33)(H,28,31,32). The lowest BCUT2D eigenvalue weighted by molar-refractivity contribution is -0.120. The summed E-state index contributed by atoms with van der Waals surface area (Å²) in [6.07, 6.45) is 4.53. The van der Waals surface area contributed by atoms with E-state index in [0.29, 0.717) is 24.2 Å². The fourth-order valence-corrected chi connectivity index (χ4v) is 5.58. The number of carbonyl (C=O) groups is 1. The number of fused-ring (bicyclic) bond motifs is 5. The first-order valence-corrected chi connectivity index (χ1v) is 11.4. The number of nitrogens with one attached hydrogen (secondary N) is 2. The van der Waals surface area contributed by atoms with Gasteiger partial charge in [0.05, 0.1) is 16.4 Å². The molecule has 0 fully saturated rings. The lowest BCUT2D eigenvalue weighted by Crippen LogP contribution is -2.35. The molecule has 1 atom stereocenters. The molecule has 34 heavy (non-hydrogen) atoms. The van der Waals surface area contributed by atoms with E-state index in [9.17, 15) is 9.59 Å². The number of carbonyl (C=O) groups excluding carboxylic acids is 1. The second-order valence-electron chi connectivity index (χ2n) is 9.21. The molecule has 1 unspecified atom stereocenters. The Labute approximate surface area is 193 Å². The highest BCUT2D eigenvalue weighted by atomic mass is 16.4. The zero-order valence-corrected chi connectivity index (χ0v) is 18.2. The quantitative estimate of drug-likeness (QED) is 0.437. The summed E-state index contributed by atoms with van der Waals surface area (Å²) in [6, 6.07) is 18.1. The Hall–Kier alpha value is -4.26. The third-order valence-corrected chi connectivity index (χ3v) is 7.24. The summed E-state index contributed by atoms with van der Waals surface area (Å²) in [7, 11) is 0. The maximum absolute atomic E-state index is 13.0. The molecule has 2 N–H and O–H groups in total. The molecule has 1 aliphatic carbocycles. The van der Waals surface area contributed by atoms with Gasteiger partial charge in [-0.3, -0.25) is 14.8 Å². The van der Waals surface area contributed by atoms with Gasteiger partial charge in [0.1, 0.15) is 5.82 Å². The van der Waals surface area contributed by atoms with Crippen molar-refractivity contribution in [3.05, 3.63) is 99.3 Å². The average molecular weight is 448 g/mol. The van der Waals surface area contributed by atoms with Crippen LogP contribution in [0.15, 0.2) is 70.0 Å². The minimum absolute atomic E-state index is 0.0292. The predicted octanol–water partition coefficient (Wildman–Crippen LogP) is 3.84. The molecule has 0 bridgehead atoms.